The van der Waals surface area contributed by atoms with E-state index >= 15 is 0 Å². The van der Waals surface area contributed by atoms with Crippen molar-refractivity contribution in [1.29, 1.82) is 0 Å². The molecule has 0 aliphatic rings. The molecule has 0 aliphatic carbocycles. The first-order valence-electron chi connectivity index (χ1n) is 3.92. The minimum Gasteiger partial charge on any atom is -0.383 e. The highest BCUT2D eigenvalue weighted by atomic mass is 15.1. The Bertz CT molecular complexity index is 614. The molecule has 0 fully saturated rings. The number of hydrogen-bond acceptors (Lipinski definition) is 6. The molecule has 0 unspecified atom stereocenters. The van der Waals surface area contributed by atoms with Gasteiger partial charge in [0.25, 0.3) is 0 Å². The van der Waals surface area contributed by atoms with Crippen LogP contribution in [-0.2, 0) is 0 Å². The molecule has 0 saturated heterocycles. The fourth-order valence-electron chi connectivity index (χ4n) is 1.22. The van der Waals surface area contributed by atoms with Crippen LogP contribution >= 0.6 is 0 Å². The highest BCUT2D eigenvalue weighted by molar-refractivity contribution is 5.86. The molecule has 3 aromatic heterocycles. The molecular weight excluding hydrogens is 182 g/mol. The van der Waals surface area contributed by atoms with Gasteiger partial charge in [-0.1, -0.05) is 0 Å². The molecule has 0 atom stereocenters. The zero-order valence-corrected chi connectivity index (χ0v) is 6.97. The lowest BCUT2D eigenvalue weighted by Crippen LogP contribution is -1.97. The van der Waals surface area contributed by atoms with E-state index in [9.17, 15) is 0 Å². The maximum absolute atomic E-state index is 5.67. The molecule has 0 aliphatic heterocycles. The summed E-state index contributed by atoms with van der Waals surface area (Å²) in [5, 5.41) is 0. The van der Waals surface area contributed by atoms with Crippen molar-refractivity contribution in [2.24, 2.45) is 0 Å². The first kappa shape index (κ1) is 7.13. The number of imidazole rings is 1. The van der Waals surface area contributed by atoms with E-state index in [0.29, 0.717) is 28.3 Å². The van der Waals surface area contributed by atoms with Crippen molar-refractivity contribution in [1.82, 2.24) is 29.9 Å². The van der Waals surface area contributed by atoms with Gasteiger partial charge in [-0.25, -0.2) is 24.9 Å². The van der Waals surface area contributed by atoms with Crippen molar-refractivity contribution in [3.8, 4) is 0 Å². The molecule has 7 heteroatoms. The molecule has 3 N–H and O–H groups in total. The molecule has 0 bridgehead atoms. The average molecular weight is 187 g/mol. The molecule has 14 heavy (non-hydrogen) atoms. The third-order valence-corrected chi connectivity index (χ3v) is 1.86. The number of nitrogens with zero attached hydrogens (tertiary/aromatic N) is 5. The zero-order chi connectivity index (χ0) is 9.54. The molecule has 0 saturated carbocycles. The lowest BCUT2D eigenvalue weighted by molar-refractivity contribution is 1.17. The standard InChI is InChI=1S/C7H5N7/c8-4-3-5(10-1-9-4)14-7-6(13-3)11-2-12-7/h1-2H,(H3,8,9,10,11,12,13,14). The summed E-state index contributed by atoms with van der Waals surface area (Å²) in [5.41, 5.74) is 7.61. The summed E-state index contributed by atoms with van der Waals surface area (Å²) in [5.74, 6) is 0.424. The van der Waals surface area contributed by atoms with Gasteiger partial charge >= 0.3 is 0 Å². The summed E-state index contributed by atoms with van der Waals surface area (Å²) in [4.78, 5) is 22.9. The Labute approximate surface area is 77.4 Å². The summed E-state index contributed by atoms with van der Waals surface area (Å²) >= 11 is 0. The lowest BCUT2D eigenvalue weighted by Gasteiger charge is -1.97. The number of aromatic nitrogens is 6. The average Bonchev–Trinajstić information content (AvgIpc) is 2.62. The van der Waals surface area contributed by atoms with Crippen LogP contribution in [0.15, 0.2) is 12.7 Å². The molecule has 7 nitrogen and oxygen atoms in total. The fraction of sp³-hybridized carbons (Fsp3) is 0. The number of fused-ring (bicyclic) bond motifs is 2. The van der Waals surface area contributed by atoms with Gasteiger partial charge in [-0.15, -0.1) is 0 Å². The second kappa shape index (κ2) is 2.34. The van der Waals surface area contributed by atoms with Crippen LogP contribution in [0, 0.1) is 0 Å². The second-order valence-corrected chi connectivity index (χ2v) is 2.73. The molecule has 0 amide bonds. The Hall–Kier alpha value is -2.31. The molecule has 3 aromatic rings. The summed E-state index contributed by atoms with van der Waals surface area (Å²) in [6.45, 7) is 0. The van der Waals surface area contributed by atoms with E-state index in [2.05, 4.69) is 29.9 Å². The molecule has 3 rings (SSSR count). The minimum absolute atomic E-state index is 0.424. The number of H-pyrrole nitrogens is 1. The zero-order valence-electron chi connectivity index (χ0n) is 6.97. The van der Waals surface area contributed by atoms with Crippen molar-refractivity contribution in [3.63, 3.8) is 0 Å². The van der Waals surface area contributed by atoms with Gasteiger partial charge in [-0.2, -0.15) is 0 Å². The van der Waals surface area contributed by atoms with E-state index in [-0.39, 0.29) is 0 Å². The third kappa shape index (κ3) is 0.830. The Morgan fingerprint density at radius 3 is 2.64 bits per heavy atom. The highest BCUT2D eigenvalue weighted by Gasteiger charge is 2.06. The van der Waals surface area contributed by atoms with Gasteiger partial charge in [0.1, 0.15) is 12.1 Å². The second-order valence-electron chi connectivity index (χ2n) is 2.73. The Balaban J connectivity index is 2.57. The maximum Gasteiger partial charge on any atom is 0.201 e. The lowest BCUT2D eigenvalue weighted by atomic mass is 10.4. The summed E-state index contributed by atoms with van der Waals surface area (Å²) in [6.07, 6.45) is 2.87. The van der Waals surface area contributed by atoms with Crippen molar-refractivity contribution >= 4 is 28.3 Å². The molecular formula is C7H5N7. The van der Waals surface area contributed by atoms with Gasteiger partial charge < -0.3 is 10.7 Å². The number of aromatic amines is 1. The van der Waals surface area contributed by atoms with Crippen molar-refractivity contribution < 1.29 is 0 Å². The van der Waals surface area contributed by atoms with Crippen LogP contribution in [-0.4, -0.2) is 29.9 Å². The normalized spacial score (nSPS) is 11.1. The number of nitrogen functional groups attached to an aromatic ring is 1. The van der Waals surface area contributed by atoms with E-state index in [1.54, 1.807) is 0 Å². The summed E-state index contributed by atoms with van der Waals surface area (Å²) in [7, 11) is 0. The molecule has 68 valence electrons. The number of nitrogens with one attached hydrogen (secondary N) is 1. The van der Waals surface area contributed by atoms with Crippen LogP contribution in [0.2, 0.25) is 0 Å². The van der Waals surface area contributed by atoms with Gasteiger partial charge in [0.05, 0.1) is 6.33 Å². The van der Waals surface area contributed by atoms with E-state index in [1.165, 1.54) is 12.7 Å². The van der Waals surface area contributed by atoms with Gasteiger partial charge in [-0.3, -0.25) is 0 Å². The van der Waals surface area contributed by atoms with E-state index in [0.717, 1.165) is 0 Å². The van der Waals surface area contributed by atoms with Crippen molar-refractivity contribution in [3.05, 3.63) is 12.7 Å². The predicted octanol–water partition coefficient (Wildman–Crippen LogP) is -0.122. The number of rotatable bonds is 0. The van der Waals surface area contributed by atoms with Gasteiger partial charge in [0.15, 0.2) is 16.8 Å². The van der Waals surface area contributed by atoms with Crippen LogP contribution in [0.1, 0.15) is 0 Å². The van der Waals surface area contributed by atoms with Gasteiger partial charge in [-0.05, 0) is 0 Å². The van der Waals surface area contributed by atoms with Crippen LogP contribution in [0.4, 0.5) is 5.82 Å². The summed E-state index contributed by atoms with van der Waals surface area (Å²) < 4.78 is 0. The van der Waals surface area contributed by atoms with Crippen LogP contribution < -0.4 is 5.73 Å². The largest absolute Gasteiger partial charge is 0.383 e. The molecule has 0 aromatic carbocycles. The van der Waals surface area contributed by atoms with Gasteiger partial charge in [0.2, 0.25) is 5.65 Å². The fourth-order valence-corrected chi connectivity index (χ4v) is 1.22. The molecule has 0 spiro atoms. The topological polar surface area (TPSA) is 106 Å². The SMILES string of the molecule is Nc1[nH]cnc2nc3ncnc3nc12. The first-order valence-corrected chi connectivity index (χ1v) is 3.92. The van der Waals surface area contributed by atoms with Gasteiger partial charge in [0, 0.05) is 0 Å². The monoisotopic (exact) mass is 187 g/mol. The first-order chi connectivity index (χ1) is 6.84. The smallest absolute Gasteiger partial charge is 0.201 e. The summed E-state index contributed by atoms with van der Waals surface area (Å²) in [6, 6.07) is 0. The minimum atomic E-state index is 0.424. The van der Waals surface area contributed by atoms with Crippen molar-refractivity contribution in [2.75, 3.05) is 5.73 Å². The molecule has 3 heterocycles. The van der Waals surface area contributed by atoms with E-state index in [4.69, 9.17) is 5.73 Å². The van der Waals surface area contributed by atoms with E-state index in [1.807, 2.05) is 0 Å². The Morgan fingerprint density at radius 1 is 1.00 bits per heavy atom. The Kier molecular flexibility index (Phi) is 1.19. The van der Waals surface area contributed by atoms with Crippen molar-refractivity contribution in [2.45, 2.75) is 0 Å². The third-order valence-electron chi connectivity index (χ3n) is 1.86. The van der Waals surface area contributed by atoms with Crippen LogP contribution in [0.25, 0.3) is 22.5 Å². The van der Waals surface area contributed by atoms with Crippen LogP contribution in [0.3, 0.4) is 0 Å². The maximum atomic E-state index is 5.67. The van der Waals surface area contributed by atoms with E-state index < -0.39 is 0 Å². The van der Waals surface area contributed by atoms with Crippen LogP contribution in [0.5, 0.6) is 0 Å². The highest BCUT2D eigenvalue weighted by Crippen LogP contribution is 2.14. The number of anilines is 1. The quantitative estimate of drug-likeness (QED) is 0.508. The Morgan fingerprint density at radius 2 is 1.79 bits per heavy atom. The predicted molar refractivity (Wildman–Crippen MR) is 49.2 cm³/mol. The number of hydrogen-bond donors (Lipinski definition) is 2. The number of nitrogens with two attached hydrogens (primary N) is 1. The molecule has 0 radical (unpaired) electrons.